The molecule has 116 valence electrons. The minimum atomic E-state index is -0.245. The second kappa shape index (κ2) is 5.92. The van der Waals surface area contributed by atoms with Crippen LogP contribution in [0.3, 0.4) is 0 Å². The van der Waals surface area contributed by atoms with E-state index in [1.807, 2.05) is 18.3 Å². The van der Waals surface area contributed by atoms with Crippen molar-refractivity contribution in [3.8, 4) is 5.69 Å². The molecule has 3 aromatic heterocycles. The fourth-order valence-electron chi connectivity index (χ4n) is 2.67. The van der Waals surface area contributed by atoms with Crippen LogP contribution in [0.2, 0.25) is 0 Å². The van der Waals surface area contributed by atoms with Crippen LogP contribution in [0.5, 0.6) is 0 Å². The van der Waals surface area contributed by atoms with Crippen molar-refractivity contribution in [2.45, 2.75) is 25.7 Å². The first-order chi connectivity index (χ1) is 11.3. The molecule has 3 heterocycles. The molecule has 0 spiro atoms. The zero-order chi connectivity index (χ0) is 15.6. The lowest BCUT2D eigenvalue weighted by atomic mass is 10.0. The summed E-state index contributed by atoms with van der Waals surface area (Å²) >= 11 is 1.57. The van der Waals surface area contributed by atoms with Crippen molar-refractivity contribution in [1.29, 1.82) is 0 Å². The molecule has 0 atom stereocenters. The van der Waals surface area contributed by atoms with Crippen molar-refractivity contribution in [3.63, 3.8) is 0 Å². The number of amides is 1. The number of pyridine rings is 1. The highest BCUT2D eigenvalue weighted by atomic mass is 32.1. The summed E-state index contributed by atoms with van der Waals surface area (Å²) in [4.78, 5) is 22.4. The fraction of sp³-hybridized carbons (Fsp3) is 0.250. The van der Waals surface area contributed by atoms with E-state index in [1.54, 1.807) is 34.5 Å². The van der Waals surface area contributed by atoms with Gasteiger partial charge in [0, 0.05) is 23.5 Å². The van der Waals surface area contributed by atoms with Gasteiger partial charge in [-0.25, -0.2) is 9.67 Å². The van der Waals surface area contributed by atoms with Crippen LogP contribution in [-0.4, -0.2) is 25.7 Å². The van der Waals surface area contributed by atoms with Gasteiger partial charge in [-0.2, -0.15) is 5.10 Å². The molecular weight excluding hydrogens is 310 g/mol. The molecule has 0 unspecified atom stereocenters. The smallest absolute Gasteiger partial charge is 0.276 e. The summed E-state index contributed by atoms with van der Waals surface area (Å²) in [7, 11) is 0. The number of hydrogen-bond acceptors (Lipinski definition) is 5. The first-order valence-corrected chi connectivity index (χ1v) is 8.37. The van der Waals surface area contributed by atoms with Crippen molar-refractivity contribution in [2.75, 3.05) is 5.32 Å². The van der Waals surface area contributed by atoms with E-state index in [9.17, 15) is 4.79 Å². The van der Waals surface area contributed by atoms with E-state index >= 15 is 0 Å². The molecule has 0 aliphatic heterocycles. The van der Waals surface area contributed by atoms with Gasteiger partial charge in [0.25, 0.3) is 5.91 Å². The quantitative estimate of drug-likeness (QED) is 0.803. The van der Waals surface area contributed by atoms with E-state index in [0.29, 0.717) is 10.8 Å². The zero-order valence-corrected chi connectivity index (χ0v) is 13.2. The zero-order valence-electron chi connectivity index (χ0n) is 12.4. The number of nitrogens with zero attached hydrogens (tertiary/aromatic N) is 4. The predicted octanol–water partition coefficient (Wildman–Crippen LogP) is 2.85. The van der Waals surface area contributed by atoms with Crippen LogP contribution in [0, 0.1) is 0 Å². The van der Waals surface area contributed by atoms with Crippen LogP contribution in [0.4, 0.5) is 5.13 Å². The molecule has 1 aliphatic carbocycles. The first kappa shape index (κ1) is 14.1. The normalized spacial score (nSPS) is 13.6. The van der Waals surface area contributed by atoms with E-state index < -0.39 is 0 Å². The maximum Gasteiger partial charge on any atom is 0.276 e. The van der Waals surface area contributed by atoms with Gasteiger partial charge >= 0.3 is 0 Å². The molecule has 1 aliphatic rings. The molecule has 23 heavy (non-hydrogen) atoms. The Balaban J connectivity index is 1.55. The average Bonchev–Trinajstić information content (AvgIpc) is 3.24. The number of carbonyl (C=O) groups excluding carboxylic acids is 1. The molecule has 1 amide bonds. The third-order valence-corrected chi connectivity index (χ3v) is 4.88. The molecule has 0 fully saturated rings. The number of thiazole rings is 1. The van der Waals surface area contributed by atoms with Crippen molar-refractivity contribution in [2.24, 2.45) is 0 Å². The number of hydrogen-bond donors (Lipinski definition) is 1. The van der Waals surface area contributed by atoms with Crippen molar-refractivity contribution < 1.29 is 4.79 Å². The number of rotatable bonds is 3. The molecule has 6 nitrogen and oxygen atoms in total. The summed E-state index contributed by atoms with van der Waals surface area (Å²) in [6.45, 7) is 0. The van der Waals surface area contributed by atoms with Crippen LogP contribution in [0.25, 0.3) is 5.69 Å². The molecule has 4 rings (SSSR count). The SMILES string of the molecule is O=C(Nc1nc2c(s1)CCCC2)c1cc(-n2cccn2)ccn1. The number of fused-ring (bicyclic) bond motifs is 1. The molecule has 3 aromatic rings. The molecule has 0 saturated carbocycles. The van der Waals surface area contributed by atoms with E-state index in [4.69, 9.17) is 0 Å². The van der Waals surface area contributed by atoms with E-state index in [1.165, 1.54) is 17.7 Å². The van der Waals surface area contributed by atoms with Gasteiger partial charge in [-0.15, -0.1) is 11.3 Å². The van der Waals surface area contributed by atoms with Crippen LogP contribution in [0.1, 0.15) is 33.9 Å². The summed E-state index contributed by atoms with van der Waals surface area (Å²) in [6.07, 6.45) is 9.59. The minimum absolute atomic E-state index is 0.245. The molecule has 7 heteroatoms. The third-order valence-electron chi connectivity index (χ3n) is 3.81. The molecule has 0 saturated heterocycles. The van der Waals surface area contributed by atoms with Gasteiger partial charge in [0.15, 0.2) is 5.13 Å². The van der Waals surface area contributed by atoms with Crippen LogP contribution >= 0.6 is 11.3 Å². The average molecular weight is 325 g/mol. The summed E-state index contributed by atoms with van der Waals surface area (Å²) in [5.74, 6) is -0.245. The number of aromatic nitrogens is 4. The largest absolute Gasteiger partial charge is 0.296 e. The summed E-state index contributed by atoms with van der Waals surface area (Å²) in [5.41, 5.74) is 2.29. The Morgan fingerprint density at radius 1 is 1.26 bits per heavy atom. The number of aryl methyl sites for hydroxylation is 2. The highest BCUT2D eigenvalue weighted by molar-refractivity contribution is 7.15. The highest BCUT2D eigenvalue weighted by Crippen LogP contribution is 2.29. The lowest BCUT2D eigenvalue weighted by Gasteiger charge is -2.06. The van der Waals surface area contributed by atoms with Gasteiger partial charge in [0.05, 0.1) is 11.4 Å². The Hall–Kier alpha value is -2.54. The van der Waals surface area contributed by atoms with Crippen molar-refractivity contribution >= 4 is 22.4 Å². The summed E-state index contributed by atoms with van der Waals surface area (Å²) < 4.78 is 1.69. The summed E-state index contributed by atoms with van der Waals surface area (Å²) in [6, 6.07) is 5.36. The molecule has 0 bridgehead atoms. The Labute approximate surface area is 137 Å². The second-order valence-electron chi connectivity index (χ2n) is 5.40. The Morgan fingerprint density at radius 2 is 2.17 bits per heavy atom. The van der Waals surface area contributed by atoms with Gasteiger partial charge in [-0.1, -0.05) is 0 Å². The number of carbonyl (C=O) groups is 1. The van der Waals surface area contributed by atoms with Crippen LogP contribution in [0.15, 0.2) is 36.8 Å². The summed E-state index contributed by atoms with van der Waals surface area (Å²) in [5, 5.41) is 7.69. The highest BCUT2D eigenvalue weighted by Gasteiger charge is 2.17. The monoisotopic (exact) mass is 325 g/mol. The van der Waals surface area contributed by atoms with Gasteiger partial charge in [0.2, 0.25) is 0 Å². The van der Waals surface area contributed by atoms with Crippen LogP contribution in [-0.2, 0) is 12.8 Å². The van der Waals surface area contributed by atoms with E-state index in [2.05, 4.69) is 20.4 Å². The van der Waals surface area contributed by atoms with Crippen molar-refractivity contribution in [1.82, 2.24) is 19.7 Å². The van der Waals surface area contributed by atoms with Gasteiger partial charge < -0.3 is 0 Å². The fourth-order valence-corrected chi connectivity index (χ4v) is 3.72. The third kappa shape index (κ3) is 2.87. The molecular formula is C16H15N5OS. The van der Waals surface area contributed by atoms with Crippen LogP contribution < -0.4 is 5.32 Å². The number of nitrogens with one attached hydrogen (secondary N) is 1. The predicted molar refractivity (Wildman–Crippen MR) is 88.1 cm³/mol. The van der Waals surface area contributed by atoms with E-state index in [0.717, 1.165) is 24.2 Å². The molecule has 1 N–H and O–H groups in total. The lowest BCUT2D eigenvalue weighted by molar-refractivity contribution is 0.102. The first-order valence-electron chi connectivity index (χ1n) is 7.55. The second-order valence-corrected chi connectivity index (χ2v) is 6.48. The Bertz CT molecular complexity index is 817. The van der Waals surface area contributed by atoms with Gasteiger partial charge in [0.1, 0.15) is 5.69 Å². The standard InChI is InChI=1S/C16H15N5OS/c22-15(20-16-19-12-4-1-2-5-14(12)23-16)13-10-11(6-8-17-13)21-9-3-7-18-21/h3,6-10H,1-2,4-5H2,(H,19,20,22). The van der Waals surface area contributed by atoms with Crippen molar-refractivity contribution in [3.05, 3.63) is 53.1 Å². The Kier molecular flexibility index (Phi) is 3.63. The van der Waals surface area contributed by atoms with E-state index in [-0.39, 0.29) is 5.91 Å². The Morgan fingerprint density at radius 3 is 3.00 bits per heavy atom. The number of anilines is 1. The topological polar surface area (TPSA) is 72.7 Å². The van der Waals surface area contributed by atoms with Gasteiger partial charge in [-0.3, -0.25) is 15.1 Å². The maximum absolute atomic E-state index is 12.4. The minimum Gasteiger partial charge on any atom is -0.296 e. The lowest BCUT2D eigenvalue weighted by Crippen LogP contribution is -2.14. The molecule has 0 radical (unpaired) electrons. The molecule has 0 aromatic carbocycles. The van der Waals surface area contributed by atoms with Gasteiger partial charge in [-0.05, 0) is 43.9 Å². The maximum atomic E-state index is 12.4.